The van der Waals surface area contributed by atoms with Crippen molar-refractivity contribution in [3.63, 3.8) is 0 Å². The second kappa shape index (κ2) is 8.24. The van der Waals surface area contributed by atoms with Crippen molar-refractivity contribution >= 4 is 22.6 Å². The van der Waals surface area contributed by atoms with Gasteiger partial charge >= 0.3 is 0 Å². The zero-order valence-electron chi connectivity index (χ0n) is 17.0. The Kier molecular flexibility index (Phi) is 5.34. The molecule has 0 radical (unpaired) electrons. The number of hydrogen-bond acceptors (Lipinski definition) is 5. The average molecular weight is 402 g/mol. The fraction of sp³-hybridized carbons (Fsp3) is 0.174. The maximum atomic E-state index is 12.8. The zero-order valence-corrected chi connectivity index (χ0v) is 17.0. The van der Waals surface area contributed by atoms with Crippen LogP contribution in [0.5, 0.6) is 11.5 Å². The molecule has 0 aliphatic heterocycles. The Morgan fingerprint density at radius 2 is 1.73 bits per heavy atom. The first-order chi connectivity index (χ1) is 14.6. The number of rotatable bonds is 6. The van der Waals surface area contributed by atoms with Gasteiger partial charge in [0, 0.05) is 29.4 Å². The van der Waals surface area contributed by atoms with Crippen LogP contribution in [0, 0.1) is 6.92 Å². The molecule has 30 heavy (non-hydrogen) atoms. The molecule has 0 atom stereocenters. The minimum absolute atomic E-state index is 0.249. The van der Waals surface area contributed by atoms with E-state index in [9.17, 15) is 4.79 Å². The standard InChI is InChI=1S/C23H22N4O3/c1-15-6-4-5-7-17(15)14-27-22-9-8-16(10-21(22)25-26-27)23(28)24-18-11-19(29-2)13-20(12-18)30-3/h4-13H,14H2,1-3H3,(H,24,28). The Hall–Kier alpha value is -3.87. The number of carbonyl (C=O) groups is 1. The number of ether oxygens (including phenoxy) is 2. The first-order valence-electron chi connectivity index (χ1n) is 9.49. The van der Waals surface area contributed by atoms with Crippen LogP contribution < -0.4 is 14.8 Å². The summed E-state index contributed by atoms with van der Waals surface area (Å²) in [5.41, 5.74) is 4.99. The van der Waals surface area contributed by atoms with Gasteiger partial charge in [-0.05, 0) is 36.2 Å². The van der Waals surface area contributed by atoms with Gasteiger partial charge in [-0.1, -0.05) is 29.5 Å². The van der Waals surface area contributed by atoms with Crippen molar-refractivity contribution in [1.29, 1.82) is 0 Å². The first kappa shape index (κ1) is 19.4. The molecule has 0 saturated heterocycles. The molecule has 0 unspecified atom stereocenters. The molecule has 1 amide bonds. The van der Waals surface area contributed by atoms with Crippen LogP contribution in [-0.4, -0.2) is 35.1 Å². The van der Waals surface area contributed by atoms with Gasteiger partial charge in [0.05, 0.1) is 26.3 Å². The number of anilines is 1. The van der Waals surface area contributed by atoms with E-state index < -0.39 is 0 Å². The summed E-state index contributed by atoms with van der Waals surface area (Å²) in [6.07, 6.45) is 0. The van der Waals surface area contributed by atoms with Crippen LogP contribution in [0.1, 0.15) is 21.5 Å². The van der Waals surface area contributed by atoms with Gasteiger partial charge < -0.3 is 14.8 Å². The van der Waals surface area contributed by atoms with Crippen LogP contribution in [0.3, 0.4) is 0 Å². The van der Waals surface area contributed by atoms with E-state index in [4.69, 9.17) is 9.47 Å². The van der Waals surface area contributed by atoms with Gasteiger partial charge in [-0.3, -0.25) is 4.79 Å². The molecule has 0 aliphatic carbocycles. The van der Waals surface area contributed by atoms with E-state index in [2.05, 4.69) is 34.7 Å². The van der Waals surface area contributed by atoms with Crippen LogP contribution >= 0.6 is 0 Å². The summed E-state index contributed by atoms with van der Waals surface area (Å²) in [6.45, 7) is 2.70. The third-order valence-electron chi connectivity index (χ3n) is 4.97. The first-order valence-corrected chi connectivity index (χ1v) is 9.49. The van der Waals surface area contributed by atoms with Gasteiger partial charge in [0.15, 0.2) is 0 Å². The number of benzene rings is 3. The minimum Gasteiger partial charge on any atom is -0.497 e. The number of hydrogen-bond donors (Lipinski definition) is 1. The minimum atomic E-state index is -0.249. The number of aromatic nitrogens is 3. The molecular weight excluding hydrogens is 380 g/mol. The number of amides is 1. The number of methoxy groups -OCH3 is 2. The van der Waals surface area contributed by atoms with Crippen LogP contribution in [0.25, 0.3) is 11.0 Å². The molecule has 0 bridgehead atoms. The normalized spacial score (nSPS) is 10.8. The van der Waals surface area contributed by atoms with Gasteiger partial charge in [0.2, 0.25) is 0 Å². The van der Waals surface area contributed by atoms with Crippen molar-refractivity contribution in [2.24, 2.45) is 0 Å². The van der Waals surface area contributed by atoms with Gasteiger partial charge in [0.25, 0.3) is 5.91 Å². The highest BCUT2D eigenvalue weighted by atomic mass is 16.5. The topological polar surface area (TPSA) is 78.3 Å². The number of carbonyl (C=O) groups excluding carboxylic acids is 1. The number of fused-ring (bicyclic) bond motifs is 1. The predicted octanol–water partition coefficient (Wildman–Crippen LogP) is 4.06. The number of nitrogens with one attached hydrogen (secondary N) is 1. The second-order valence-corrected chi connectivity index (χ2v) is 6.93. The molecule has 152 valence electrons. The predicted molar refractivity (Wildman–Crippen MR) is 115 cm³/mol. The molecule has 4 rings (SSSR count). The Morgan fingerprint density at radius 1 is 1.00 bits per heavy atom. The molecule has 7 nitrogen and oxygen atoms in total. The molecule has 0 fully saturated rings. The van der Waals surface area contributed by atoms with E-state index in [1.165, 1.54) is 11.1 Å². The SMILES string of the molecule is COc1cc(NC(=O)c2ccc3c(c2)nnn3Cc2ccccc2C)cc(OC)c1. The van der Waals surface area contributed by atoms with Crippen molar-refractivity contribution in [2.45, 2.75) is 13.5 Å². The van der Waals surface area contributed by atoms with Crippen LogP contribution in [0.2, 0.25) is 0 Å². The quantitative estimate of drug-likeness (QED) is 0.526. The highest BCUT2D eigenvalue weighted by Gasteiger charge is 2.12. The van der Waals surface area contributed by atoms with Crippen LogP contribution in [-0.2, 0) is 6.54 Å². The third-order valence-corrected chi connectivity index (χ3v) is 4.97. The monoisotopic (exact) mass is 402 g/mol. The molecule has 1 heterocycles. The fourth-order valence-corrected chi connectivity index (χ4v) is 3.26. The molecule has 0 saturated carbocycles. The van der Waals surface area contributed by atoms with Gasteiger partial charge in [0.1, 0.15) is 17.0 Å². The Labute approximate surface area is 174 Å². The van der Waals surface area contributed by atoms with E-state index in [-0.39, 0.29) is 5.91 Å². The third kappa shape index (κ3) is 3.96. The largest absolute Gasteiger partial charge is 0.497 e. The molecule has 7 heteroatoms. The summed E-state index contributed by atoms with van der Waals surface area (Å²) in [4.78, 5) is 12.8. The zero-order chi connectivity index (χ0) is 21.1. The summed E-state index contributed by atoms with van der Waals surface area (Å²) in [7, 11) is 3.13. The van der Waals surface area contributed by atoms with Crippen molar-refractivity contribution < 1.29 is 14.3 Å². The van der Waals surface area contributed by atoms with Gasteiger partial charge in [-0.2, -0.15) is 0 Å². The average Bonchev–Trinajstić information content (AvgIpc) is 3.17. The van der Waals surface area contributed by atoms with E-state index in [0.717, 1.165) is 5.52 Å². The molecular formula is C23H22N4O3. The van der Waals surface area contributed by atoms with E-state index in [1.807, 2.05) is 22.9 Å². The fourth-order valence-electron chi connectivity index (χ4n) is 3.26. The summed E-state index contributed by atoms with van der Waals surface area (Å²) in [5, 5.41) is 11.4. The van der Waals surface area contributed by atoms with E-state index in [0.29, 0.717) is 34.8 Å². The summed E-state index contributed by atoms with van der Waals surface area (Å²) < 4.78 is 12.3. The lowest BCUT2D eigenvalue weighted by atomic mass is 10.1. The van der Waals surface area contributed by atoms with Gasteiger partial charge in [-0.15, -0.1) is 5.10 Å². The number of nitrogens with zero attached hydrogens (tertiary/aromatic N) is 3. The van der Waals surface area contributed by atoms with Crippen molar-refractivity contribution in [1.82, 2.24) is 15.0 Å². The van der Waals surface area contributed by atoms with Crippen molar-refractivity contribution in [2.75, 3.05) is 19.5 Å². The van der Waals surface area contributed by atoms with Crippen molar-refractivity contribution in [3.8, 4) is 11.5 Å². The molecule has 3 aromatic carbocycles. The highest BCUT2D eigenvalue weighted by molar-refractivity contribution is 6.06. The Morgan fingerprint density at radius 3 is 2.43 bits per heavy atom. The smallest absolute Gasteiger partial charge is 0.255 e. The highest BCUT2D eigenvalue weighted by Crippen LogP contribution is 2.26. The van der Waals surface area contributed by atoms with Crippen LogP contribution in [0.4, 0.5) is 5.69 Å². The van der Waals surface area contributed by atoms with Gasteiger partial charge in [-0.25, -0.2) is 4.68 Å². The Balaban J connectivity index is 1.57. The summed E-state index contributed by atoms with van der Waals surface area (Å²) in [5.74, 6) is 0.944. The maximum absolute atomic E-state index is 12.8. The Bertz CT molecular complexity index is 1190. The lowest BCUT2D eigenvalue weighted by Crippen LogP contribution is -2.12. The second-order valence-electron chi connectivity index (χ2n) is 6.93. The van der Waals surface area contributed by atoms with E-state index in [1.54, 1.807) is 44.6 Å². The molecule has 0 aliphatic rings. The number of aryl methyl sites for hydroxylation is 1. The molecule has 4 aromatic rings. The molecule has 1 aromatic heterocycles. The maximum Gasteiger partial charge on any atom is 0.255 e. The summed E-state index contributed by atoms with van der Waals surface area (Å²) >= 11 is 0. The van der Waals surface area contributed by atoms with Crippen LogP contribution in [0.15, 0.2) is 60.7 Å². The molecule has 1 N–H and O–H groups in total. The lowest BCUT2D eigenvalue weighted by molar-refractivity contribution is 0.102. The van der Waals surface area contributed by atoms with Crippen molar-refractivity contribution in [3.05, 3.63) is 77.4 Å². The van der Waals surface area contributed by atoms with E-state index >= 15 is 0 Å². The molecule has 0 spiro atoms. The lowest BCUT2D eigenvalue weighted by Gasteiger charge is -2.10. The summed E-state index contributed by atoms with van der Waals surface area (Å²) in [6, 6.07) is 18.8.